The summed E-state index contributed by atoms with van der Waals surface area (Å²) < 4.78 is 5.35. The number of halogens is 1. The molecule has 8 heteroatoms. The number of hydrogen-bond donors (Lipinski definition) is 2. The zero-order chi connectivity index (χ0) is 16.0. The van der Waals surface area contributed by atoms with Gasteiger partial charge in [0.15, 0.2) is 5.82 Å². The van der Waals surface area contributed by atoms with Crippen molar-refractivity contribution in [3.63, 3.8) is 0 Å². The fourth-order valence-electron chi connectivity index (χ4n) is 2.88. The molecule has 2 amide bonds. The third-order valence-corrected chi connectivity index (χ3v) is 4.78. The van der Waals surface area contributed by atoms with Crippen molar-refractivity contribution < 1.29 is 9.32 Å². The van der Waals surface area contributed by atoms with E-state index in [9.17, 15) is 4.79 Å². The van der Waals surface area contributed by atoms with Gasteiger partial charge in [-0.3, -0.25) is 4.90 Å². The molecule has 23 heavy (non-hydrogen) atoms. The Bertz CT molecular complexity index is 771. The van der Waals surface area contributed by atoms with Crippen LogP contribution in [0.2, 0.25) is 5.02 Å². The maximum Gasteiger partial charge on any atom is 0.322 e. The lowest BCUT2D eigenvalue weighted by atomic mass is 9.77. The Morgan fingerprint density at radius 1 is 1.39 bits per heavy atom. The van der Waals surface area contributed by atoms with Crippen LogP contribution in [0, 0.1) is 0 Å². The van der Waals surface area contributed by atoms with E-state index in [1.165, 1.54) is 0 Å². The van der Waals surface area contributed by atoms with Gasteiger partial charge in [-0.05, 0) is 37.5 Å². The molecule has 0 radical (unpaired) electrons. The fraction of sp³-hybridized carbons (Fsp3) is 0.400. The summed E-state index contributed by atoms with van der Waals surface area (Å²) in [6, 6.07) is 5.14. The normalized spacial score (nSPS) is 19.6. The maximum absolute atomic E-state index is 11.8. The Labute approximate surface area is 137 Å². The quantitative estimate of drug-likeness (QED) is 0.897. The molecule has 1 aliphatic carbocycles. The molecule has 1 saturated heterocycles. The van der Waals surface area contributed by atoms with Gasteiger partial charge in [0, 0.05) is 18.7 Å². The number of hydrogen-bond acceptors (Lipinski definition) is 5. The van der Waals surface area contributed by atoms with Crippen LogP contribution in [-0.2, 0) is 5.54 Å². The lowest BCUT2D eigenvalue weighted by molar-refractivity contribution is 0.229. The SMILES string of the molecule is NC1(c2noc(-c3ccc(Cl)c(N4CCNC4=O)c3)n2)CCC1. The highest BCUT2D eigenvalue weighted by Gasteiger charge is 2.39. The minimum atomic E-state index is -0.466. The van der Waals surface area contributed by atoms with Gasteiger partial charge in [0.1, 0.15) is 0 Å². The number of urea groups is 1. The van der Waals surface area contributed by atoms with Crippen molar-refractivity contribution in [2.24, 2.45) is 5.73 Å². The van der Waals surface area contributed by atoms with E-state index in [0.29, 0.717) is 41.1 Å². The van der Waals surface area contributed by atoms with Gasteiger partial charge < -0.3 is 15.6 Å². The molecular formula is C15H16ClN5O2. The van der Waals surface area contributed by atoms with E-state index in [4.69, 9.17) is 21.9 Å². The molecule has 0 bridgehead atoms. The Kier molecular flexibility index (Phi) is 3.28. The molecule has 2 aliphatic rings. The minimum Gasteiger partial charge on any atom is -0.336 e. The van der Waals surface area contributed by atoms with Crippen molar-refractivity contribution in [3.05, 3.63) is 29.0 Å². The van der Waals surface area contributed by atoms with Crippen LogP contribution in [0.15, 0.2) is 22.7 Å². The number of rotatable bonds is 3. The van der Waals surface area contributed by atoms with Crippen molar-refractivity contribution in [2.45, 2.75) is 24.8 Å². The number of amides is 2. The third kappa shape index (κ3) is 2.36. The van der Waals surface area contributed by atoms with Gasteiger partial charge in [0.2, 0.25) is 0 Å². The van der Waals surface area contributed by atoms with Crippen molar-refractivity contribution in [2.75, 3.05) is 18.0 Å². The predicted molar refractivity (Wildman–Crippen MR) is 85.2 cm³/mol. The molecule has 2 fully saturated rings. The number of benzene rings is 1. The van der Waals surface area contributed by atoms with E-state index in [1.807, 2.05) is 0 Å². The predicted octanol–water partition coefficient (Wildman–Crippen LogP) is 2.26. The van der Waals surface area contributed by atoms with Gasteiger partial charge in [0.05, 0.1) is 16.2 Å². The maximum atomic E-state index is 11.8. The summed E-state index contributed by atoms with van der Waals surface area (Å²) in [5.74, 6) is 0.920. The highest BCUT2D eigenvalue weighted by molar-refractivity contribution is 6.34. The topological polar surface area (TPSA) is 97.3 Å². The van der Waals surface area contributed by atoms with Crippen LogP contribution < -0.4 is 16.0 Å². The van der Waals surface area contributed by atoms with Crippen LogP contribution in [-0.4, -0.2) is 29.3 Å². The number of anilines is 1. The second-order valence-electron chi connectivity index (χ2n) is 5.98. The molecule has 2 heterocycles. The fourth-order valence-corrected chi connectivity index (χ4v) is 3.10. The van der Waals surface area contributed by atoms with E-state index >= 15 is 0 Å². The molecule has 7 nitrogen and oxygen atoms in total. The number of aromatic nitrogens is 2. The molecule has 4 rings (SSSR count). The molecular weight excluding hydrogens is 318 g/mol. The first-order valence-corrected chi connectivity index (χ1v) is 7.93. The molecule has 1 saturated carbocycles. The van der Waals surface area contributed by atoms with Crippen LogP contribution >= 0.6 is 11.6 Å². The van der Waals surface area contributed by atoms with Gasteiger partial charge in [-0.25, -0.2) is 4.79 Å². The van der Waals surface area contributed by atoms with Crippen molar-refractivity contribution in [3.8, 4) is 11.5 Å². The lowest BCUT2D eigenvalue weighted by Gasteiger charge is -2.34. The summed E-state index contributed by atoms with van der Waals surface area (Å²) in [6.45, 7) is 1.17. The number of nitrogens with zero attached hydrogens (tertiary/aromatic N) is 3. The number of nitrogens with two attached hydrogens (primary N) is 1. The first-order valence-electron chi connectivity index (χ1n) is 7.55. The zero-order valence-corrected chi connectivity index (χ0v) is 13.1. The molecule has 1 aromatic heterocycles. The average Bonchev–Trinajstić information content (AvgIpc) is 3.15. The first kappa shape index (κ1) is 14.5. The van der Waals surface area contributed by atoms with Crippen LogP contribution in [0.5, 0.6) is 0 Å². The van der Waals surface area contributed by atoms with E-state index < -0.39 is 5.54 Å². The molecule has 0 unspecified atom stereocenters. The Balaban J connectivity index is 1.68. The van der Waals surface area contributed by atoms with Gasteiger partial charge in [0.25, 0.3) is 5.89 Å². The summed E-state index contributed by atoms with van der Waals surface area (Å²) in [5, 5.41) is 7.27. The number of carbonyl (C=O) groups is 1. The molecule has 0 atom stereocenters. The monoisotopic (exact) mass is 333 g/mol. The molecule has 2 aromatic rings. The Morgan fingerprint density at radius 2 is 2.22 bits per heavy atom. The summed E-state index contributed by atoms with van der Waals surface area (Å²) in [4.78, 5) is 17.9. The third-order valence-electron chi connectivity index (χ3n) is 4.46. The van der Waals surface area contributed by atoms with Crippen LogP contribution in [0.1, 0.15) is 25.1 Å². The van der Waals surface area contributed by atoms with Crippen molar-refractivity contribution in [1.82, 2.24) is 15.5 Å². The smallest absolute Gasteiger partial charge is 0.322 e. The van der Waals surface area contributed by atoms with Gasteiger partial charge in [-0.1, -0.05) is 16.8 Å². The molecule has 3 N–H and O–H groups in total. The average molecular weight is 334 g/mol. The largest absolute Gasteiger partial charge is 0.336 e. The van der Waals surface area contributed by atoms with Gasteiger partial charge in [-0.2, -0.15) is 4.98 Å². The van der Waals surface area contributed by atoms with E-state index in [2.05, 4.69) is 15.5 Å². The highest BCUT2D eigenvalue weighted by atomic mass is 35.5. The van der Waals surface area contributed by atoms with Gasteiger partial charge in [-0.15, -0.1) is 0 Å². The zero-order valence-electron chi connectivity index (χ0n) is 12.4. The van der Waals surface area contributed by atoms with Crippen molar-refractivity contribution in [1.29, 1.82) is 0 Å². The standard InChI is InChI=1S/C15H16ClN5O2/c16-10-3-2-9(8-11(10)21-7-6-18-14(21)22)12-19-13(20-23-12)15(17)4-1-5-15/h2-3,8H,1,4-7,17H2,(H,18,22). The second kappa shape index (κ2) is 5.21. The summed E-state index contributed by atoms with van der Waals surface area (Å²) in [7, 11) is 0. The Morgan fingerprint density at radius 3 is 2.87 bits per heavy atom. The van der Waals surface area contributed by atoms with E-state index in [1.54, 1.807) is 23.1 Å². The lowest BCUT2D eigenvalue weighted by Crippen LogP contribution is -2.44. The molecule has 0 spiro atoms. The summed E-state index contributed by atoms with van der Waals surface area (Å²) in [5.41, 5.74) is 7.10. The minimum absolute atomic E-state index is 0.161. The van der Waals surface area contributed by atoms with Crippen LogP contribution in [0.4, 0.5) is 10.5 Å². The first-order chi connectivity index (χ1) is 11.1. The number of nitrogens with one attached hydrogen (secondary N) is 1. The number of carbonyl (C=O) groups excluding carboxylic acids is 1. The highest BCUT2D eigenvalue weighted by Crippen LogP contribution is 2.38. The molecule has 1 aromatic carbocycles. The molecule has 1 aliphatic heterocycles. The van der Waals surface area contributed by atoms with Crippen LogP contribution in [0.3, 0.4) is 0 Å². The summed E-state index contributed by atoms with van der Waals surface area (Å²) in [6.07, 6.45) is 2.81. The van der Waals surface area contributed by atoms with Crippen LogP contribution in [0.25, 0.3) is 11.5 Å². The second-order valence-corrected chi connectivity index (χ2v) is 6.39. The van der Waals surface area contributed by atoms with E-state index in [-0.39, 0.29) is 6.03 Å². The van der Waals surface area contributed by atoms with Gasteiger partial charge >= 0.3 is 6.03 Å². The van der Waals surface area contributed by atoms with E-state index in [0.717, 1.165) is 19.3 Å². The summed E-state index contributed by atoms with van der Waals surface area (Å²) >= 11 is 6.23. The Hall–Kier alpha value is -2.12. The van der Waals surface area contributed by atoms with Crippen molar-refractivity contribution >= 4 is 23.3 Å². The molecule has 120 valence electrons.